The number of carbonyl (C=O) groups excluding carboxylic acids is 4. The van der Waals surface area contributed by atoms with Crippen LogP contribution in [0.5, 0.6) is 0 Å². The molecule has 137 heavy (non-hydrogen) atoms. The summed E-state index contributed by atoms with van der Waals surface area (Å²) in [6, 6.07) is 26.9. The molecule has 7 aliphatic rings. The third kappa shape index (κ3) is 26.5. The van der Waals surface area contributed by atoms with E-state index >= 15 is 0 Å². The van der Waals surface area contributed by atoms with Crippen LogP contribution in [0.2, 0.25) is 20.1 Å². The van der Waals surface area contributed by atoms with Gasteiger partial charge in [0.05, 0.1) is 42.1 Å². The fourth-order valence-electron chi connectivity index (χ4n) is 21.0. The predicted molar refractivity (Wildman–Crippen MR) is 533 cm³/mol. The first-order valence-corrected chi connectivity index (χ1v) is 49.7. The highest BCUT2D eigenvalue weighted by Gasteiger charge is 2.49. The van der Waals surface area contributed by atoms with Gasteiger partial charge >= 0.3 is 6.09 Å². The molecule has 7 fully saturated rings. The van der Waals surface area contributed by atoms with Crippen LogP contribution in [0.1, 0.15) is 311 Å². The molecule has 0 bridgehead atoms. The van der Waals surface area contributed by atoms with Crippen LogP contribution < -0.4 is 0 Å². The summed E-state index contributed by atoms with van der Waals surface area (Å²) >= 11 is 25.5. The van der Waals surface area contributed by atoms with Crippen LogP contribution in [0.15, 0.2) is 109 Å². The highest BCUT2D eigenvalue weighted by Crippen LogP contribution is 2.48. The third-order valence-corrected chi connectivity index (χ3v) is 30.8. The van der Waals surface area contributed by atoms with Crippen molar-refractivity contribution in [1.82, 2.24) is 54.5 Å². The van der Waals surface area contributed by atoms with Crippen molar-refractivity contribution in [2.45, 2.75) is 278 Å². The zero-order valence-corrected chi connectivity index (χ0v) is 86.9. The van der Waals surface area contributed by atoms with Crippen LogP contribution in [0.25, 0.3) is 0 Å². The Bertz CT molecular complexity index is 5360. The summed E-state index contributed by atoms with van der Waals surface area (Å²) in [5.41, 5.74) is 12.4. The van der Waals surface area contributed by atoms with E-state index in [1.807, 2.05) is 100 Å². The molecule has 748 valence electrons. The number of hydrogen-bond donors (Lipinski definition) is 3. The number of aryl methyl sites for hydroxylation is 4. The van der Waals surface area contributed by atoms with Crippen LogP contribution in [0, 0.1) is 80.4 Å². The normalized spacial score (nSPS) is 21.4. The van der Waals surface area contributed by atoms with Crippen molar-refractivity contribution in [3.8, 4) is 0 Å². The molecule has 8 aromatic rings. The molecule has 3 unspecified atom stereocenters. The lowest BCUT2D eigenvalue weighted by molar-refractivity contribution is -0.137. The number of aromatic nitrogens is 4. The molecule has 7 saturated heterocycles. The Hall–Kier alpha value is -7.92. The van der Waals surface area contributed by atoms with Gasteiger partial charge in [-0.05, 0) is 345 Å². The van der Waals surface area contributed by atoms with Gasteiger partial charge in [-0.2, -0.15) is 4.80 Å². The van der Waals surface area contributed by atoms with E-state index in [0.29, 0.717) is 134 Å². The Kier molecular flexibility index (Phi) is 36.4. The van der Waals surface area contributed by atoms with Crippen LogP contribution >= 0.6 is 58.8 Å². The summed E-state index contributed by atoms with van der Waals surface area (Å²) in [6.07, 6.45) is 5.85. The van der Waals surface area contributed by atoms with Gasteiger partial charge in [-0.1, -0.05) is 88.9 Å². The molecule has 7 aromatic carbocycles. The van der Waals surface area contributed by atoms with Gasteiger partial charge in [-0.3, -0.25) is 29.1 Å². The Morgan fingerprint density at radius 2 is 0.642 bits per heavy atom. The number of piperidine rings is 4. The van der Waals surface area contributed by atoms with E-state index in [1.165, 1.54) is 42.7 Å². The summed E-state index contributed by atoms with van der Waals surface area (Å²) in [6.45, 7) is 47.9. The second-order valence-corrected chi connectivity index (χ2v) is 44.4. The minimum absolute atomic E-state index is 0. The molecular formula is C107H140Cl5F6N11O8. The van der Waals surface area contributed by atoms with Crippen LogP contribution in [-0.2, 0) is 19.1 Å². The van der Waals surface area contributed by atoms with E-state index in [1.54, 1.807) is 30.5 Å². The number of nitrogens with zero attached hydrogens (tertiary/aromatic N) is 11. The molecule has 30 heteroatoms. The molecule has 1 aromatic heterocycles. The zero-order valence-electron chi connectivity index (χ0n) is 83.0. The quantitative estimate of drug-likeness (QED) is 0.0817. The molecule has 7 aliphatic heterocycles. The minimum Gasteiger partial charge on any atom is -0.444 e. The van der Waals surface area contributed by atoms with Gasteiger partial charge in [0.2, 0.25) is 17.7 Å². The fraction of sp³-hybridized carbons (Fsp3) is 0.561. The number of rotatable bonds is 15. The molecule has 0 aliphatic carbocycles. The lowest BCUT2D eigenvalue weighted by Gasteiger charge is -2.36. The summed E-state index contributed by atoms with van der Waals surface area (Å²) in [5, 5.41) is 45.6. The lowest BCUT2D eigenvalue weighted by Crippen LogP contribution is -2.44. The van der Waals surface area contributed by atoms with Gasteiger partial charge < -0.3 is 39.7 Å². The molecule has 3 N–H and O–H groups in total. The first-order chi connectivity index (χ1) is 63.7. The number of ether oxygens (including phenoxy) is 1. The Morgan fingerprint density at radius 3 is 0.920 bits per heavy atom. The van der Waals surface area contributed by atoms with Gasteiger partial charge in [0, 0.05) is 164 Å². The predicted octanol–water partition coefficient (Wildman–Crippen LogP) is 23.4. The number of halogens is 11. The summed E-state index contributed by atoms with van der Waals surface area (Å²) < 4.78 is 90.8. The molecule has 0 radical (unpaired) electrons. The van der Waals surface area contributed by atoms with Gasteiger partial charge in [0.15, 0.2) is 6.33 Å². The van der Waals surface area contributed by atoms with Crippen molar-refractivity contribution in [2.24, 2.45) is 17.8 Å². The molecule has 15 rings (SSSR count). The van der Waals surface area contributed by atoms with Gasteiger partial charge in [0.25, 0.3) is 0 Å². The van der Waals surface area contributed by atoms with E-state index in [9.17, 15) is 60.8 Å². The Labute approximate surface area is 832 Å². The highest BCUT2D eigenvalue weighted by atomic mass is 35.5. The molecule has 10 atom stereocenters. The van der Waals surface area contributed by atoms with Crippen molar-refractivity contribution in [3.63, 3.8) is 0 Å². The average molecular weight is 2000 g/mol. The monoisotopic (exact) mass is 2000 g/mol. The van der Waals surface area contributed by atoms with E-state index < -0.39 is 64.7 Å². The Morgan fingerprint density at radius 1 is 0.372 bits per heavy atom. The molecular weight excluding hydrogens is 1860 g/mol. The van der Waals surface area contributed by atoms with Crippen LogP contribution in [-0.4, -0.2) is 207 Å². The fourth-order valence-corrected chi connectivity index (χ4v) is 21.7. The van der Waals surface area contributed by atoms with Gasteiger partial charge in [0.1, 0.15) is 40.5 Å². The number of benzene rings is 7. The second kappa shape index (κ2) is 45.6. The first-order valence-electron chi connectivity index (χ1n) is 48.2. The molecule has 4 amide bonds. The average Bonchev–Trinajstić information content (AvgIpc) is 1.62. The van der Waals surface area contributed by atoms with Crippen molar-refractivity contribution in [2.75, 3.05) is 91.6 Å². The van der Waals surface area contributed by atoms with E-state index in [-0.39, 0.29) is 106 Å². The first kappa shape index (κ1) is 109. The maximum Gasteiger partial charge on any atom is 0.410 e. The SMILES string of the molecule is Cc1cc(C2CCN(C(=O)C3CN(C(C)(C)C)C[C@H]3c3ccc(F)cc3F)CC2)c([C@H](C)O)cc1Cl.Cc1cc(C2CCN(C(=O)OC(C)(C)C)CC2)c([C@H](C)O)cc1Cl.Cc1cc([C@@H](C)O)c(C2CCN(C(=O)C3CN(C(C)(C)C)C[C@H]3c3ccc(F)cc3F)CC2)cc1Cl.Cc1cc([C@@H](C)n2ncnn2)c(C2CCN(C(=O)C3CN(C(C)(C)C)C[C@H]3c3ccc(F)cc3F)CC2)cc1Cl.Cl. The third-order valence-electron chi connectivity index (χ3n) is 29.1. The Balaban J connectivity index is 0.000000177. The van der Waals surface area contributed by atoms with E-state index in [0.717, 1.165) is 136 Å². The highest BCUT2D eigenvalue weighted by molar-refractivity contribution is 6.32. The van der Waals surface area contributed by atoms with Crippen molar-refractivity contribution < 1.29 is 65.6 Å². The van der Waals surface area contributed by atoms with Gasteiger partial charge in [-0.25, -0.2) is 31.1 Å². The maximum atomic E-state index is 14.9. The minimum atomic E-state index is -0.619. The molecule has 0 saturated carbocycles. The number of carbonyl (C=O) groups is 4. The molecule has 0 spiro atoms. The maximum absolute atomic E-state index is 14.9. The number of amides is 4. The molecule has 19 nitrogen and oxygen atoms in total. The summed E-state index contributed by atoms with van der Waals surface area (Å²) in [4.78, 5) is 69.5. The number of hydrogen-bond acceptors (Lipinski definition) is 14. The van der Waals surface area contributed by atoms with Crippen molar-refractivity contribution in [3.05, 3.63) is 248 Å². The summed E-state index contributed by atoms with van der Waals surface area (Å²) in [5.74, 6) is -4.63. The lowest BCUT2D eigenvalue weighted by atomic mass is 9.83. The smallest absolute Gasteiger partial charge is 0.410 e. The number of aliphatic hydroxyl groups is 3. The number of tetrazole rings is 1. The zero-order chi connectivity index (χ0) is 99.6. The van der Waals surface area contributed by atoms with Gasteiger partial charge in [-0.15, -0.1) is 22.6 Å². The molecule has 8 heterocycles. The van der Waals surface area contributed by atoms with Crippen LogP contribution in [0.3, 0.4) is 0 Å². The second-order valence-electron chi connectivity index (χ2n) is 42.8. The number of likely N-dealkylation sites (tertiary alicyclic amines) is 7. The van der Waals surface area contributed by atoms with E-state index in [4.69, 9.17) is 51.1 Å². The van der Waals surface area contributed by atoms with Crippen molar-refractivity contribution in [1.29, 1.82) is 0 Å². The standard InChI is InChI=1S/C30H37ClF2N6O.2C29H37ClF2N2O2.C19H28ClNO3.ClH/c1-18-12-23(19(2)39-35-17-34-36-39)24(14-27(18)31)20-8-10-37(11-9-20)29(40)26-16-38(30(3,4)5)15-25(26)22-7-6-21(32)13-28(22)33;1-17-12-23(22(18(2)35)14-26(17)30)19-8-10-33(11-9-19)28(36)25-16-34(29(3,4)5)15-24(25)21-7-6-20(31)13-27(21)32;1-17-12-22(18(2)35)23(14-26(17)30)19-8-10-33(11-9-19)28(36)25-16-34(29(3,4)5)15-24(25)21-7-6-20(31)13-27(21)32;1-12-10-16(15(13(2)22)11-17(12)20)14-6-8-21(9-7-14)18(23)24-19(3,4)5;/h6-7,12-14,17,19-20,25-26H,8-11,15-16H2,1-5H3;2*6-7,12-14,18-19,24-25,35H,8-11,15-16H2,1-5H3;10-11,13-14,22H,6-9H2,1-5H3;1H/t19-,25+,26?;18-,24-,25?;18-,24+,25?;13-;/m1010./s1. The van der Waals surface area contributed by atoms with Crippen molar-refractivity contribution >= 4 is 82.6 Å². The topological polar surface area (TPSA) is 204 Å². The largest absolute Gasteiger partial charge is 0.444 e. The van der Waals surface area contributed by atoms with E-state index in [2.05, 4.69) is 111 Å². The summed E-state index contributed by atoms with van der Waals surface area (Å²) in [7, 11) is 0. The number of aliphatic hydroxyl groups excluding tert-OH is 3. The van der Waals surface area contributed by atoms with Crippen LogP contribution in [0.4, 0.5) is 31.1 Å².